The predicted octanol–water partition coefficient (Wildman–Crippen LogP) is 4.43. The molecule has 0 saturated carbocycles. The Balaban J connectivity index is 1.46. The first-order valence-electron chi connectivity index (χ1n) is 10.7. The third-order valence-electron chi connectivity index (χ3n) is 5.98. The van der Waals surface area contributed by atoms with Gasteiger partial charge in [0.05, 0.1) is 20.8 Å². The van der Waals surface area contributed by atoms with Crippen LogP contribution in [0.1, 0.15) is 27.9 Å². The lowest BCUT2D eigenvalue weighted by Crippen LogP contribution is -2.35. The first-order valence-corrected chi connectivity index (χ1v) is 13.0. The molecule has 33 heavy (non-hydrogen) atoms. The van der Waals surface area contributed by atoms with Crippen LogP contribution in [-0.2, 0) is 23.5 Å². The minimum absolute atomic E-state index is 0.166. The van der Waals surface area contributed by atoms with Crippen molar-refractivity contribution < 1.29 is 13.2 Å². The molecule has 5 rings (SSSR count). The van der Waals surface area contributed by atoms with Crippen LogP contribution in [0.15, 0.2) is 76.6 Å². The number of fused-ring (bicyclic) bond motifs is 2. The first kappa shape index (κ1) is 21.6. The average Bonchev–Trinajstić information content (AvgIpc) is 3.14. The van der Waals surface area contributed by atoms with Gasteiger partial charge in [-0.25, -0.2) is 8.42 Å². The van der Waals surface area contributed by atoms with Crippen molar-refractivity contribution in [2.75, 3.05) is 10.8 Å². The van der Waals surface area contributed by atoms with Crippen LogP contribution in [0, 0.1) is 6.92 Å². The van der Waals surface area contributed by atoms with Crippen molar-refractivity contribution in [3.63, 3.8) is 0 Å². The molecule has 1 amide bonds. The van der Waals surface area contributed by atoms with Gasteiger partial charge in [0, 0.05) is 19.2 Å². The molecule has 0 saturated heterocycles. The highest BCUT2D eigenvalue weighted by molar-refractivity contribution is 7.92. The van der Waals surface area contributed by atoms with Gasteiger partial charge in [0.25, 0.3) is 15.9 Å². The SMILES string of the molecule is Cc1cccc2sc(=NC(=O)c3ccc(S(=O)(=O)N4CCCc5ccccc54)cc3)n(C)c12. The third kappa shape index (κ3) is 3.79. The van der Waals surface area contributed by atoms with Gasteiger partial charge in [0.2, 0.25) is 0 Å². The number of carbonyl (C=O) groups is 1. The van der Waals surface area contributed by atoms with Gasteiger partial charge in [0.15, 0.2) is 4.80 Å². The van der Waals surface area contributed by atoms with E-state index in [-0.39, 0.29) is 4.90 Å². The van der Waals surface area contributed by atoms with E-state index in [1.165, 1.54) is 39.9 Å². The summed E-state index contributed by atoms with van der Waals surface area (Å²) in [5, 5.41) is 0. The van der Waals surface area contributed by atoms with Crippen LogP contribution in [-0.4, -0.2) is 25.4 Å². The Kier molecular flexibility index (Phi) is 5.42. The van der Waals surface area contributed by atoms with Crippen LogP contribution < -0.4 is 9.11 Å². The maximum Gasteiger partial charge on any atom is 0.279 e. The summed E-state index contributed by atoms with van der Waals surface area (Å²) >= 11 is 1.45. The molecule has 168 valence electrons. The Morgan fingerprint density at radius 3 is 2.52 bits per heavy atom. The van der Waals surface area contributed by atoms with Gasteiger partial charge < -0.3 is 4.57 Å². The summed E-state index contributed by atoms with van der Waals surface area (Å²) in [4.78, 5) is 17.9. The third-order valence-corrected chi connectivity index (χ3v) is 8.90. The molecule has 1 aliphatic heterocycles. The number of sulfonamides is 1. The van der Waals surface area contributed by atoms with Crippen molar-refractivity contribution in [1.82, 2.24) is 4.57 Å². The zero-order valence-corrected chi connectivity index (χ0v) is 20.0. The number of hydrogen-bond donors (Lipinski definition) is 0. The van der Waals surface area contributed by atoms with Crippen LogP contribution in [0.4, 0.5) is 5.69 Å². The van der Waals surface area contributed by atoms with E-state index in [1.807, 2.05) is 61.0 Å². The fraction of sp³-hybridized carbons (Fsp3) is 0.200. The maximum absolute atomic E-state index is 13.3. The van der Waals surface area contributed by atoms with E-state index in [9.17, 15) is 13.2 Å². The quantitative estimate of drug-likeness (QED) is 0.438. The lowest BCUT2D eigenvalue weighted by atomic mass is 10.0. The molecule has 4 aromatic rings. The molecule has 8 heteroatoms. The molecule has 1 aliphatic rings. The van der Waals surface area contributed by atoms with Gasteiger partial charge >= 0.3 is 0 Å². The number of hydrogen-bond acceptors (Lipinski definition) is 4. The molecule has 6 nitrogen and oxygen atoms in total. The molecule has 2 heterocycles. The lowest BCUT2D eigenvalue weighted by molar-refractivity contribution is 0.0998. The number of thiazole rings is 1. The van der Waals surface area contributed by atoms with Crippen molar-refractivity contribution >= 4 is 43.2 Å². The summed E-state index contributed by atoms with van der Waals surface area (Å²) in [7, 11) is -1.82. The molecular weight excluding hydrogens is 454 g/mol. The molecule has 0 radical (unpaired) electrons. The molecule has 0 unspecified atom stereocenters. The van der Waals surface area contributed by atoms with E-state index in [1.54, 1.807) is 0 Å². The van der Waals surface area contributed by atoms with Gasteiger partial charge in [0.1, 0.15) is 0 Å². The fourth-order valence-corrected chi connectivity index (χ4v) is 6.94. The summed E-state index contributed by atoms with van der Waals surface area (Å²) < 4.78 is 31.1. The minimum Gasteiger partial charge on any atom is -0.319 e. The number of para-hydroxylation sites is 2. The molecular formula is C25H23N3O3S2. The zero-order valence-electron chi connectivity index (χ0n) is 18.4. The monoisotopic (exact) mass is 477 g/mol. The average molecular weight is 478 g/mol. The van der Waals surface area contributed by atoms with Crippen LogP contribution in [0.3, 0.4) is 0 Å². The molecule has 0 N–H and O–H groups in total. The summed E-state index contributed by atoms with van der Waals surface area (Å²) in [6.45, 7) is 2.47. The second-order valence-electron chi connectivity index (χ2n) is 8.12. The van der Waals surface area contributed by atoms with Gasteiger partial charge in [-0.05, 0) is 67.3 Å². The van der Waals surface area contributed by atoms with Crippen molar-refractivity contribution in [3.8, 4) is 0 Å². The largest absolute Gasteiger partial charge is 0.319 e. The lowest BCUT2D eigenvalue weighted by Gasteiger charge is -2.30. The number of aromatic nitrogens is 1. The summed E-state index contributed by atoms with van der Waals surface area (Å²) in [5.41, 5.74) is 4.28. The second kappa shape index (κ2) is 8.28. The Bertz CT molecular complexity index is 1550. The Hall–Kier alpha value is -3.23. The number of carbonyl (C=O) groups excluding carboxylic acids is 1. The van der Waals surface area contributed by atoms with Crippen LogP contribution in [0.25, 0.3) is 10.2 Å². The summed E-state index contributed by atoms with van der Waals surface area (Å²) in [6, 6.07) is 19.7. The van der Waals surface area contributed by atoms with Crippen molar-refractivity contribution in [2.24, 2.45) is 12.0 Å². The number of anilines is 1. The molecule has 3 aromatic carbocycles. The molecule has 1 aromatic heterocycles. The highest BCUT2D eigenvalue weighted by Crippen LogP contribution is 2.31. The first-order chi connectivity index (χ1) is 15.9. The number of rotatable bonds is 3. The highest BCUT2D eigenvalue weighted by atomic mass is 32.2. The van der Waals surface area contributed by atoms with Gasteiger partial charge in [-0.2, -0.15) is 4.99 Å². The molecule has 0 bridgehead atoms. The normalized spacial score (nSPS) is 14.5. The maximum atomic E-state index is 13.3. The zero-order chi connectivity index (χ0) is 23.2. The van der Waals surface area contributed by atoms with E-state index in [0.717, 1.165) is 39.9 Å². The standard InChI is InChI=1S/C25H23N3O3S2/c1-17-7-5-11-22-23(17)27(2)25(32-22)26-24(29)19-12-14-20(15-13-19)33(30,31)28-16-6-9-18-8-3-4-10-21(18)28/h3-5,7-8,10-15H,6,9,16H2,1-2H3. The number of benzene rings is 3. The minimum atomic E-state index is -3.72. The van der Waals surface area contributed by atoms with Crippen LogP contribution >= 0.6 is 11.3 Å². The topological polar surface area (TPSA) is 71.7 Å². The van der Waals surface area contributed by atoms with Gasteiger partial charge in [-0.1, -0.05) is 41.7 Å². The molecule has 0 spiro atoms. The van der Waals surface area contributed by atoms with E-state index in [0.29, 0.717) is 16.9 Å². The van der Waals surface area contributed by atoms with E-state index in [2.05, 4.69) is 4.99 Å². The molecule has 0 fully saturated rings. The van der Waals surface area contributed by atoms with Gasteiger partial charge in [-0.15, -0.1) is 0 Å². The summed E-state index contributed by atoms with van der Waals surface area (Å²) in [5.74, 6) is -0.401. The molecule has 0 aliphatic carbocycles. The Morgan fingerprint density at radius 2 is 1.76 bits per heavy atom. The fourth-order valence-electron chi connectivity index (χ4n) is 4.30. The second-order valence-corrected chi connectivity index (χ2v) is 11.0. The van der Waals surface area contributed by atoms with E-state index in [4.69, 9.17) is 0 Å². The molecule has 0 atom stereocenters. The number of nitrogens with zero attached hydrogens (tertiary/aromatic N) is 3. The van der Waals surface area contributed by atoms with Crippen LogP contribution in [0.2, 0.25) is 0 Å². The number of amides is 1. The Morgan fingerprint density at radius 1 is 1.00 bits per heavy atom. The Labute approximate surface area is 196 Å². The van der Waals surface area contributed by atoms with Gasteiger partial charge in [-0.3, -0.25) is 9.10 Å². The number of aryl methyl sites for hydroxylation is 3. The van der Waals surface area contributed by atoms with E-state index < -0.39 is 15.9 Å². The smallest absolute Gasteiger partial charge is 0.279 e. The summed E-state index contributed by atoms with van der Waals surface area (Å²) in [6.07, 6.45) is 1.64. The van der Waals surface area contributed by atoms with Crippen molar-refractivity contribution in [3.05, 3.63) is 88.2 Å². The van der Waals surface area contributed by atoms with E-state index >= 15 is 0 Å². The highest BCUT2D eigenvalue weighted by Gasteiger charge is 2.28. The van der Waals surface area contributed by atoms with Crippen molar-refractivity contribution in [1.29, 1.82) is 0 Å². The predicted molar refractivity (Wildman–Crippen MR) is 131 cm³/mol. The van der Waals surface area contributed by atoms with Crippen LogP contribution in [0.5, 0.6) is 0 Å². The van der Waals surface area contributed by atoms with Crippen molar-refractivity contribution in [2.45, 2.75) is 24.7 Å².